The van der Waals surface area contributed by atoms with Crippen LogP contribution in [-0.4, -0.2) is 28.6 Å². The molecule has 0 saturated carbocycles. The summed E-state index contributed by atoms with van der Waals surface area (Å²) in [5.74, 6) is -0.796. The molecule has 0 atom stereocenters. The minimum atomic E-state index is -0.745. The normalized spacial score (nSPS) is 14.1. The summed E-state index contributed by atoms with van der Waals surface area (Å²) < 4.78 is 0. The quantitative estimate of drug-likeness (QED) is 0.484. The lowest BCUT2D eigenvalue weighted by atomic mass is 10.5. The molecule has 1 fully saturated rings. The Morgan fingerprint density at radius 3 is 2.33 bits per heavy atom. The van der Waals surface area contributed by atoms with Crippen LogP contribution in [0.5, 0.6) is 0 Å². The van der Waals surface area contributed by atoms with Gasteiger partial charge in [-0.3, -0.25) is 9.59 Å². The average molecular weight is 190 g/mol. The second-order valence-corrected chi connectivity index (χ2v) is 2.39. The van der Waals surface area contributed by atoms with E-state index in [1.54, 1.807) is 6.92 Å². The van der Waals surface area contributed by atoms with Gasteiger partial charge in [-0.25, -0.2) is 0 Å². The van der Waals surface area contributed by atoms with Crippen molar-refractivity contribution >= 4 is 29.2 Å². The van der Waals surface area contributed by atoms with Gasteiger partial charge in [0.2, 0.25) is 5.91 Å². The Hall–Kier alpha value is -1.17. The Labute approximate surface area is 75.1 Å². The van der Waals surface area contributed by atoms with Crippen LogP contribution in [0.25, 0.3) is 0 Å². The van der Waals surface area contributed by atoms with Crippen LogP contribution in [0.15, 0.2) is 0 Å². The van der Waals surface area contributed by atoms with Crippen molar-refractivity contribution in [3.63, 3.8) is 0 Å². The Balaban J connectivity index is 0.000000217. The molecule has 5 nitrogen and oxygen atoms in total. The zero-order valence-electron chi connectivity index (χ0n) is 6.59. The van der Waals surface area contributed by atoms with Gasteiger partial charge in [0.15, 0.2) is 5.11 Å². The second-order valence-electron chi connectivity index (χ2n) is 1.98. The molecule has 1 saturated heterocycles. The highest BCUT2D eigenvalue weighted by Crippen LogP contribution is 1.75. The standard InChI is InChI=1S/C3H4N2OS.C3H6O2/c6-2-1-4-3(7)5-2;1-2-3(4)5/h1H2,(H2,4,5,6,7);2H2,1H3,(H,4,5). The highest BCUT2D eigenvalue weighted by molar-refractivity contribution is 7.80. The van der Waals surface area contributed by atoms with E-state index in [0.717, 1.165) is 0 Å². The van der Waals surface area contributed by atoms with E-state index in [-0.39, 0.29) is 12.3 Å². The zero-order valence-corrected chi connectivity index (χ0v) is 7.40. The number of hydrogen-bond donors (Lipinski definition) is 3. The zero-order chi connectivity index (χ0) is 9.56. The molecule has 0 aromatic heterocycles. The molecule has 0 aromatic rings. The lowest BCUT2D eigenvalue weighted by Crippen LogP contribution is -2.21. The van der Waals surface area contributed by atoms with Crippen LogP contribution >= 0.6 is 12.2 Å². The molecule has 1 aliphatic heterocycles. The van der Waals surface area contributed by atoms with E-state index in [1.807, 2.05) is 0 Å². The first kappa shape index (κ1) is 10.8. The minimum Gasteiger partial charge on any atom is -0.481 e. The third-order valence-electron chi connectivity index (χ3n) is 0.965. The smallest absolute Gasteiger partial charge is 0.303 e. The van der Waals surface area contributed by atoms with Crippen molar-refractivity contribution in [2.24, 2.45) is 0 Å². The molecule has 1 rings (SSSR count). The van der Waals surface area contributed by atoms with Gasteiger partial charge in [-0.1, -0.05) is 6.92 Å². The van der Waals surface area contributed by atoms with Gasteiger partial charge in [0, 0.05) is 6.42 Å². The molecule has 6 heteroatoms. The van der Waals surface area contributed by atoms with Gasteiger partial charge >= 0.3 is 5.97 Å². The van der Waals surface area contributed by atoms with E-state index >= 15 is 0 Å². The molecular formula is C6H10N2O3S. The topological polar surface area (TPSA) is 78.4 Å². The van der Waals surface area contributed by atoms with Crippen molar-refractivity contribution < 1.29 is 14.7 Å². The lowest BCUT2D eigenvalue weighted by molar-refractivity contribution is -0.136. The van der Waals surface area contributed by atoms with Gasteiger partial charge in [-0.05, 0) is 12.2 Å². The summed E-state index contributed by atoms with van der Waals surface area (Å²) in [6, 6.07) is 0. The number of amides is 1. The number of carbonyl (C=O) groups is 2. The van der Waals surface area contributed by atoms with Crippen molar-refractivity contribution in [1.82, 2.24) is 10.6 Å². The van der Waals surface area contributed by atoms with Crippen molar-refractivity contribution in [3.8, 4) is 0 Å². The van der Waals surface area contributed by atoms with Crippen molar-refractivity contribution in [3.05, 3.63) is 0 Å². The maximum Gasteiger partial charge on any atom is 0.303 e. The molecular weight excluding hydrogens is 180 g/mol. The van der Waals surface area contributed by atoms with Crippen LogP contribution in [-0.2, 0) is 9.59 Å². The van der Waals surface area contributed by atoms with E-state index in [2.05, 4.69) is 22.9 Å². The highest BCUT2D eigenvalue weighted by atomic mass is 32.1. The summed E-state index contributed by atoms with van der Waals surface area (Å²) in [4.78, 5) is 19.6. The first-order chi connectivity index (χ1) is 5.56. The molecule has 12 heavy (non-hydrogen) atoms. The Kier molecular flexibility index (Phi) is 4.94. The van der Waals surface area contributed by atoms with Gasteiger partial charge in [0.05, 0.1) is 6.54 Å². The fourth-order valence-electron chi connectivity index (χ4n) is 0.376. The summed E-state index contributed by atoms with van der Waals surface area (Å²) in [5.41, 5.74) is 0. The molecule has 0 aromatic carbocycles. The monoisotopic (exact) mass is 190 g/mol. The van der Waals surface area contributed by atoms with Crippen molar-refractivity contribution in [2.45, 2.75) is 13.3 Å². The van der Waals surface area contributed by atoms with E-state index in [9.17, 15) is 9.59 Å². The molecule has 68 valence electrons. The van der Waals surface area contributed by atoms with Gasteiger partial charge in [-0.2, -0.15) is 0 Å². The Morgan fingerprint density at radius 2 is 2.25 bits per heavy atom. The molecule has 0 unspecified atom stereocenters. The molecule has 1 amide bonds. The summed E-state index contributed by atoms with van der Waals surface area (Å²) >= 11 is 4.55. The van der Waals surface area contributed by atoms with E-state index in [4.69, 9.17) is 5.11 Å². The van der Waals surface area contributed by atoms with Crippen LogP contribution in [0.3, 0.4) is 0 Å². The number of carboxylic acids is 1. The van der Waals surface area contributed by atoms with Crippen LogP contribution in [0.2, 0.25) is 0 Å². The Bertz CT molecular complexity index is 191. The number of carboxylic acid groups (broad SMARTS) is 1. The number of aliphatic carboxylic acids is 1. The maximum absolute atomic E-state index is 10.2. The van der Waals surface area contributed by atoms with Crippen LogP contribution in [0.1, 0.15) is 13.3 Å². The fraction of sp³-hybridized carbons (Fsp3) is 0.500. The summed E-state index contributed by atoms with van der Waals surface area (Å²) in [6.45, 7) is 1.93. The fourth-order valence-corrected chi connectivity index (χ4v) is 0.562. The molecule has 0 aliphatic carbocycles. The van der Waals surface area contributed by atoms with Crippen LogP contribution in [0, 0.1) is 0 Å². The third-order valence-corrected chi connectivity index (χ3v) is 1.21. The SMILES string of the molecule is CCC(=O)O.O=C1CNC(=S)N1. The maximum atomic E-state index is 10.2. The van der Waals surface area contributed by atoms with Crippen LogP contribution in [0.4, 0.5) is 0 Å². The molecule has 0 spiro atoms. The lowest BCUT2D eigenvalue weighted by Gasteiger charge is -1.83. The minimum absolute atomic E-state index is 0.0509. The molecule has 0 bridgehead atoms. The van der Waals surface area contributed by atoms with Gasteiger partial charge in [0.25, 0.3) is 0 Å². The molecule has 0 radical (unpaired) electrons. The summed E-state index contributed by atoms with van der Waals surface area (Å²) in [7, 11) is 0. The number of carbonyl (C=O) groups excluding carboxylic acids is 1. The second kappa shape index (κ2) is 5.48. The predicted molar refractivity (Wildman–Crippen MR) is 46.7 cm³/mol. The third kappa shape index (κ3) is 5.60. The Morgan fingerprint density at radius 1 is 1.75 bits per heavy atom. The van der Waals surface area contributed by atoms with E-state index < -0.39 is 5.97 Å². The number of hydrogen-bond acceptors (Lipinski definition) is 3. The van der Waals surface area contributed by atoms with Crippen molar-refractivity contribution in [1.29, 1.82) is 0 Å². The predicted octanol–water partition coefficient (Wildman–Crippen LogP) is -0.528. The van der Waals surface area contributed by atoms with Crippen LogP contribution < -0.4 is 10.6 Å². The number of thiocarbonyl (C=S) groups is 1. The van der Waals surface area contributed by atoms with E-state index in [0.29, 0.717) is 11.7 Å². The summed E-state index contributed by atoms with van der Waals surface area (Å²) in [5, 5.41) is 13.2. The average Bonchev–Trinajstić information content (AvgIpc) is 2.36. The van der Waals surface area contributed by atoms with Crippen molar-refractivity contribution in [2.75, 3.05) is 6.54 Å². The molecule has 1 aliphatic rings. The van der Waals surface area contributed by atoms with Gasteiger partial charge in [-0.15, -0.1) is 0 Å². The molecule has 3 N–H and O–H groups in total. The molecule has 1 heterocycles. The first-order valence-electron chi connectivity index (χ1n) is 3.35. The highest BCUT2D eigenvalue weighted by Gasteiger charge is 2.10. The summed E-state index contributed by atoms with van der Waals surface area (Å²) in [6.07, 6.45) is 0.222. The first-order valence-corrected chi connectivity index (χ1v) is 3.76. The van der Waals surface area contributed by atoms with E-state index in [1.165, 1.54) is 0 Å². The number of nitrogens with one attached hydrogen (secondary N) is 2. The largest absolute Gasteiger partial charge is 0.481 e. The van der Waals surface area contributed by atoms with Gasteiger partial charge in [0.1, 0.15) is 0 Å². The van der Waals surface area contributed by atoms with Gasteiger partial charge < -0.3 is 15.7 Å². The number of rotatable bonds is 1.